The molecule has 1 aromatic heterocycles. The fourth-order valence-electron chi connectivity index (χ4n) is 5.53. The molecule has 55 heavy (non-hydrogen) atoms. The Morgan fingerprint density at radius 3 is 2.15 bits per heavy atom. The van der Waals surface area contributed by atoms with E-state index >= 15 is 0 Å². The summed E-state index contributed by atoms with van der Waals surface area (Å²) in [4.78, 5) is 41.2. The van der Waals surface area contributed by atoms with Crippen molar-refractivity contribution in [3.05, 3.63) is 90.1 Å². The second-order valence-corrected chi connectivity index (χ2v) is 12.7. The van der Waals surface area contributed by atoms with Crippen LogP contribution in [0.1, 0.15) is 36.4 Å². The van der Waals surface area contributed by atoms with E-state index in [1.807, 2.05) is 67.6 Å². The van der Waals surface area contributed by atoms with E-state index in [1.165, 1.54) is 0 Å². The lowest BCUT2D eigenvalue weighted by atomic mass is 9.96. The molecule has 3 aromatic carbocycles. The first kappa shape index (κ1) is 42.6. The summed E-state index contributed by atoms with van der Waals surface area (Å²) in [7, 11) is 0. The summed E-state index contributed by atoms with van der Waals surface area (Å²) in [5.74, 6) is -0.337. The number of benzene rings is 3. The molecule has 0 saturated carbocycles. The molecule has 0 aliphatic carbocycles. The van der Waals surface area contributed by atoms with Crippen LogP contribution in [0.3, 0.4) is 0 Å². The molecule has 0 radical (unpaired) electrons. The maximum Gasteiger partial charge on any atom is 0.305 e. The second-order valence-electron chi connectivity index (χ2n) is 12.7. The fourth-order valence-corrected chi connectivity index (χ4v) is 5.53. The van der Waals surface area contributed by atoms with Gasteiger partial charge in [-0.15, -0.1) is 0 Å². The molecule has 1 heterocycles. The number of fused-ring (bicyclic) bond motifs is 1. The smallest absolute Gasteiger partial charge is 0.305 e. The van der Waals surface area contributed by atoms with Crippen LogP contribution in [-0.2, 0) is 33.3 Å². The Labute approximate surface area is 322 Å². The van der Waals surface area contributed by atoms with Crippen molar-refractivity contribution in [3.8, 4) is 16.9 Å². The number of ether oxygens (including phenoxy) is 5. The van der Waals surface area contributed by atoms with Crippen molar-refractivity contribution in [1.82, 2.24) is 15.6 Å². The van der Waals surface area contributed by atoms with Crippen molar-refractivity contribution < 1.29 is 43.2 Å². The molecule has 0 spiro atoms. The predicted octanol–water partition coefficient (Wildman–Crippen LogP) is 4.25. The first-order valence-corrected chi connectivity index (χ1v) is 18.5. The van der Waals surface area contributed by atoms with Crippen LogP contribution in [0.4, 0.5) is 5.82 Å². The highest BCUT2D eigenvalue weighted by molar-refractivity contribution is 5.89. The Hall–Kier alpha value is -5.12. The lowest BCUT2D eigenvalue weighted by molar-refractivity contribution is -0.138. The van der Waals surface area contributed by atoms with Crippen LogP contribution in [-0.4, -0.2) is 107 Å². The topological polar surface area (TPSA) is 193 Å². The number of carboxylic acids is 1. The molecule has 296 valence electrons. The number of nitrogens with zero attached hydrogens (tertiary/aromatic N) is 1. The molecule has 2 amide bonds. The lowest BCUT2D eigenvalue weighted by Gasteiger charge is -2.19. The zero-order chi connectivity index (χ0) is 39.1. The number of hydrogen-bond donors (Lipinski definition) is 5. The monoisotopic (exact) mass is 759 g/mol. The highest BCUT2D eigenvalue weighted by Gasteiger charge is 2.19. The van der Waals surface area contributed by atoms with E-state index in [0.717, 1.165) is 39.0 Å². The molecule has 0 saturated heterocycles. The van der Waals surface area contributed by atoms with Gasteiger partial charge in [0.05, 0.1) is 71.9 Å². The first-order chi connectivity index (χ1) is 26.8. The number of aryl methyl sites for hydroxylation is 1. The number of carbonyl (C=O) groups is 3. The molecule has 4 rings (SSSR count). The Bertz CT molecular complexity index is 1790. The van der Waals surface area contributed by atoms with Gasteiger partial charge in [-0.2, -0.15) is 0 Å². The van der Waals surface area contributed by atoms with Crippen LogP contribution in [0, 0.1) is 6.92 Å². The minimum absolute atomic E-state index is 0.226. The van der Waals surface area contributed by atoms with Gasteiger partial charge in [0.1, 0.15) is 18.2 Å². The number of amides is 2. The average molecular weight is 760 g/mol. The minimum atomic E-state index is -1.06. The minimum Gasteiger partial charge on any atom is -0.491 e. The maximum atomic E-state index is 12.8. The van der Waals surface area contributed by atoms with Gasteiger partial charge in [0, 0.05) is 25.7 Å². The van der Waals surface area contributed by atoms with Crippen molar-refractivity contribution in [3.63, 3.8) is 0 Å². The number of nitrogens with one attached hydrogen (secondary N) is 3. The highest BCUT2D eigenvalue weighted by atomic mass is 16.6. The van der Waals surface area contributed by atoms with Crippen molar-refractivity contribution >= 4 is 34.4 Å². The molecular weight excluding hydrogens is 706 g/mol. The van der Waals surface area contributed by atoms with Crippen LogP contribution in [0.5, 0.6) is 5.75 Å². The van der Waals surface area contributed by atoms with Gasteiger partial charge in [0.15, 0.2) is 0 Å². The van der Waals surface area contributed by atoms with Crippen LogP contribution in [0.2, 0.25) is 0 Å². The van der Waals surface area contributed by atoms with Gasteiger partial charge >= 0.3 is 5.97 Å². The molecule has 0 fully saturated rings. The molecule has 0 bridgehead atoms. The normalized spacial score (nSPS) is 11.6. The summed E-state index contributed by atoms with van der Waals surface area (Å²) in [6, 6.07) is 22.4. The quantitative estimate of drug-likeness (QED) is 0.0544. The zero-order valence-electron chi connectivity index (χ0n) is 31.4. The fraction of sp³-hybridized carbons (Fsp3) is 0.415. The Kier molecular flexibility index (Phi) is 18.8. The van der Waals surface area contributed by atoms with Crippen molar-refractivity contribution in [1.29, 1.82) is 0 Å². The van der Waals surface area contributed by atoms with Gasteiger partial charge in [0.2, 0.25) is 11.8 Å². The third kappa shape index (κ3) is 16.4. The van der Waals surface area contributed by atoms with Crippen molar-refractivity contribution in [2.75, 3.05) is 84.4 Å². The molecule has 14 heteroatoms. The van der Waals surface area contributed by atoms with Crippen LogP contribution in [0.25, 0.3) is 21.9 Å². The summed E-state index contributed by atoms with van der Waals surface area (Å²) in [6.45, 7) is 7.07. The number of carbonyl (C=O) groups excluding carboxylic acids is 2. The average Bonchev–Trinajstić information content (AvgIpc) is 3.18. The third-order valence-corrected chi connectivity index (χ3v) is 8.27. The number of nitrogens with two attached hydrogens (primary N) is 1. The molecule has 4 aromatic rings. The van der Waals surface area contributed by atoms with Gasteiger partial charge in [-0.05, 0) is 82.8 Å². The molecule has 0 aliphatic heterocycles. The Morgan fingerprint density at radius 2 is 1.44 bits per heavy atom. The molecule has 14 nitrogen and oxygen atoms in total. The van der Waals surface area contributed by atoms with Crippen LogP contribution < -0.4 is 26.4 Å². The SMILES string of the molecule is Cc1ccnc(NCCCC(=O)NCC(=O)N[C@@H](CC(=O)O)c2cccc(-c3ccc4cc(OCCOCCOCCOCCOCCN)ccc4c3)c2)c1. The lowest BCUT2D eigenvalue weighted by Crippen LogP contribution is -2.39. The summed E-state index contributed by atoms with van der Waals surface area (Å²) in [6.07, 6.45) is 2.18. The van der Waals surface area contributed by atoms with E-state index in [0.29, 0.717) is 84.5 Å². The highest BCUT2D eigenvalue weighted by Crippen LogP contribution is 2.29. The standard InChI is InChI=1S/C41H53N5O9/c1-30-11-14-44-38(24-30)43-13-3-6-39(47)45-29-40(48)46-37(28-41(49)50)35-5-2-4-31(26-35)32-7-8-34-27-36(10-9-33(34)25-32)55-23-22-54-21-20-53-19-18-52-17-16-51-15-12-42/h2,4-5,7-11,14,24-27,37H,3,6,12-13,15-23,28-29,42H2,1H3,(H,43,44)(H,45,47)(H,46,48)(H,49,50)/t37-/m0/s1. The molecule has 0 unspecified atom stereocenters. The summed E-state index contributed by atoms with van der Waals surface area (Å²) >= 11 is 0. The second kappa shape index (κ2) is 24.3. The van der Waals surface area contributed by atoms with Crippen LogP contribution in [0.15, 0.2) is 79.0 Å². The van der Waals surface area contributed by atoms with Gasteiger partial charge in [-0.25, -0.2) is 4.98 Å². The number of carboxylic acid groups (broad SMARTS) is 1. The van der Waals surface area contributed by atoms with Gasteiger partial charge in [-0.1, -0.05) is 36.4 Å². The largest absolute Gasteiger partial charge is 0.491 e. The van der Waals surface area contributed by atoms with E-state index in [1.54, 1.807) is 12.3 Å². The Morgan fingerprint density at radius 1 is 0.764 bits per heavy atom. The van der Waals surface area contributed by atoms with Crippen molar-refractivity contribution in [2.24, 2.45) is 5.73 Å². The molecule has 1 atom stereocenters. The summed E-state index contributed by atoms with van der Waals surface area (Å²) in [5, 5.41) is 20.2. The van der Waals surface area contributed by atoms with E-state index in [2.05, 4.69) is 27.0 Å². The summed E-state index contributed by atoms with van der Waals surface area (Å²) in [5.41, 5.74) is 8.89. The van der Waals surface area contributed by atoms with E-state index < -0.39 is 17.9 Å². The predicted molar refractivity (Wildman–Crippen MR) is 210 cm³/mol. The molecule has 6 N–H and O–H groups in total. The van der Waals surface area contributed by atoms with Gasteiger partial charge < -0.3 is 50.5 Å². The first-order valence-electron chi connectivity index (χ1n) is 18.5. The van der Waals surface area contributed by atoms with Gasteiger partial charge in [0.25, 0.3) is 0 Å². The Balaban J connectivity index is 1.19. The number of rotatable bonds is 27. The number of pyridine rings is 1. The maximum absolute atomic E-state index is 12.8. The van der Waals surface area contributed by atoms with Gasteiger partial charge in [-0.3, -0.25) is 14.4 Å². The van der Waals surface area contributed by atoms with Crippen molar-refractivity contribution in [2.45, 2.75) is 32.2 Å². The van der Waals surface area contributed by atoms with E-state index in [4.69, 9.17) is 29.4 Å². The van der Waals surface area contributed by atoms with E-state index in [-0.39, 0.29) is 25.3 Å². The number of aliphatic carboxylic acids is 1. The zero-order valence-corrected chi connectivity index (χ0v) is 31.4. The molecule has 0 aliphatic rings. The van der Waals surface area contributed by atoms with Crippen LogP contribution >= 0.6 is 0 Å². The third-order valence-electron chi connectivity index (χ3n) is 8.27. The number of hydrogen-bond acceptors (Lipinski definition) is 11. The number of aromatic nitrogens is 1. The number of anilines is 1. The summed E-state index contributed by atoms with van der Waals surface area (Å²) < 4.78 is 27.6. The molecular formula is C41H53N5O9. The van der Waals surface area contributed by atoms with E-state index in [9.17, 15) is 19.5 Å².